The lowest BCUT2D eigenvalue weighted by atomic mass is 10.0. The summed E-state index contributed by atoms with van der Waals surface area (Å²) in [7, 11) is 3.32. The number of rotatable bonds is 12. The van der Waals surface area contributed by atoms with Gasteiger partial charge in [0, 0.05) is 35.2 Å². The minimum atomic E-state index is -0.358. The van der Waals surface area contributed by atoms with Gasteiger partial charge in [-0.2, -0.15) is 0 Å². The summed E-state index contributed by atoms with van der Waals surface area (Å²) in [6, 6.07) is 24.0. The van der Waals surface area contributed by atoms with Gasteiger partial charge in [0.2, 0.25) is 5.91 Å². The number of fused-ring (bicyclic) bond motifs is 1. The SMILES string of the molecule is COc1ccc(Cn2c(CCc3ccccc3)nnc2[C@@H](Cc2c[nH]c3ccccc23)N2CCC[C@H]2C(N)=O)c(OC)c1. The molecule has 3 heterocycles. The first-order valence-electron chi connectivity index (χ1n) is 14.8. The Labute approximate surface area is 251 Å². The number of carbonyl (C=O) groups is 1. The Kier molecular flexibility index (Phi) is 8.42. The van der Waals surface area contributed by atoms with Crippen LogP contribution < -0.4 is 15.2 Å². The average molecular weight is 579 g/mol. The Hall–Kier alpha value is -4.63. The van der Waals surface area contributed by atoms with Crippen molar-refractivity contribution in [2.24, 2.45) is 5.73 Å². The molecule has 0 saturated carbocycles. The van der Waals surface area contributed by atoms with Gasteiger partial charge in [0.1, 0.15) is 17.3 Å². The number of nitrogens with two attached hydrogens (primary N) is 1. The molecule has 0 radical (unpaired) electrons. The van der Waals surface area contributed by atoms with Crippen molar-refractivity contribution in [2.75, 3.05) is 20.8 Å². The first kappa shape index (κ1) is 28.5. The van der Waals surface area contributed by atoms with E-state index in [9.17, 15) is 4.79 Å². The Morgan fingerprint density at radius 3 is 2.60 bits per heavy atom. The van der Waals surface area contributed by atoms with Crippen LogP contribution in [-0.2, 0) is 30.6 Å². The molecule has 222 valence electrons. The van der Waals surface area contributed by atoms with Gasteiger partial charge >= 0.3 is 0 Å². The van der Waals surface area contributed by atoms with Crippen molar-refractivity contribution >= 4 is 16.8 Å². The number of hydrogen-bond acceptors (Lipinski definition) is 6. The summed E-state index contributed by atoms with van der Waals surface area (Å²) >= 11 is 0. The predicted molar refractivity (Wildman–Crippen MR) is 166 cm³/mol. The number of benzene rings is 3. The molecule has 3 N–H and O–H groups in total. The third-order valence-electron chi connectivity index (χ3n) is 8.57. The van der Waals surface area contributed by atoms with Crippen LogP contribution in [0.1, 0.15) is 47.2 Å². The normalized spacial score (nSPS) is 16.0. The van der Waals surface area contributed by atoms with Gasteiger partial charge in [0.15, 0.2) is 5.82 Å². The van der Waals surface area contributed by atoms with Crippen molar-refractivity contribution in [3.05, 3.63) is 107 Å². The van der Waals surface area contributed by atoms with Crippen molar-refractivity contribution in [1.29, 1.82) is 0 Å². The molecule has 0 unspecified atom stereocenters. The summed E-state index contributed by atoms with van der Waals surface area (Å²) in [5, 5.41) is 10.8. The first-order valence-corrected chi connectivity index (χ1v) is 14.8. The molecule has 43 heavy (non-hydrogen) atoms. The van der Waals surface area contributed by atoms with Gasteiger partial charge in [0.05, 0.1) is 32.8 Å². The van der Waals surface area contributed by atoms with Crippen LogP contribution in [-0.4, -0.2) is 57.4 Å². The third-order valence-corrected chi connectivity index (χ3v) is 8.57. The number of para-hydroxylation sites is 1. The Balaban J connectivity index is 1.44. The van der Waals surface area contributed by atoms with E-state index < -0.39 is 0 Å². The topological polar surface area (TPSA) is 111 Å². The monoisotopic (exact) mass is 578 g/mol. The van der Waals surface area contributed by atoms with E-state index in [0.29, 0.717) is 19.4 Å². The molecule has 9 heteroatoms. The zero-order valence-corrected chi connectivity index (χ0v) is 24.7. The maximum atomic E-state index is 12.7. The fraction of sp³-hybridized carbons (Fsp3) is 0.324. The third kappa shape index (κ3) is 5.99. The van der Waals surface area contributed by atoms with E-state index in [-0.39, 0.29) is 18.0 Å². The molecule has 3 aromatic carbocycles. The molecule has 0 bridgehead atoms. The summed E-state index contributed by atoms with van der Waals surface area (Å²) in [5.74, 6) is 2.87. The number of carbonyl (C=O) groups excluding carboxylic acids is 1. The minimum absolute atomic E-state index is 0.207. The van der Waals surface area contributed by atoms with E-state index in [2.05, 4.69) is 63.1 Å². The number of aromatic nitrogens is 4. The van der Waals surface area contributed by atoms with Crippen LogP contribution in [0.3, 0.4) is 0 Å². The number of primary amides is 1. The Bertz CT molecular complexity index is 1700. The molecule has 1 fully saturated rings. The van der Waals surface area contributed by atoms with Crippen LogP contribution in [0.5, 0.6) is 11.5 Å². The van der Waals surface area contributed by atoms with E-state index in [1.165, 1.54) is 5.56 Å². The lowest BCUT2D eigenvalue weighted by Crippen LogP contribution is -2.43. The summed E-state index contributed by atoms with van der Waals surface area (Å²) < 4.78 is 13.4. The molecule has 5 aromatic rings. The fourth-order valence-electron chi connectivity index (χ4n) is 6.34. The summed E-state index contributed by atoms with van der Waals surface area (Å²) in [4.78, 5) is 18.3. The summed E-state index contributed by atoms with van der Waals surface area (Å²) in [5.41, 5.74) is 10.4. The smallest absolute Gasteiger partial charge is 0.234 e. The molecule has 1 saturated heterocycles. The zero-order chi connectivity index (χ0) is 29.8. The fourth-order valence-corrected chi connectivity index (χ4v) is 6.34. The van der Waals surface area contributed by atoms with Gasteiger partial charge in [-0.15, -0.1) is 10.2 Å². The molecule has 1 amide bonds. The second-order valence-corrected chi connectivity index (χ2v) is 11.1. The number of amides is 1. The standard InChI is InChI=1S/C34H38N6O3/c1-42-26-16-15-24(31(20-26)43-2)22-40-32(17-14-23-9-4-3-5-10-23)37-38-34(40)30(39-18-8-13-29(39)33(35)41)19-25-21-36-28-12-7-6-11-27(25)28/h3-7,9-12,15-16,20-21,29-30,36H,8,13-14,17-19,22H2,1-2H3,(H2,35,41)/t29-,30+/m0/s1. The Morgan fingerprint density at radius 2 is 1.81 bits per heavy atom. The number of ether oxygens (including phenoxy) is 2. The highest BCUT2D eigenvalue weighted by Gasteiger charge is 2.38. The lowest BCUT2D eigenvalue weighted by Gasteiger charge is -2.31. The van der Waals surface area contributed by atoms with Gasteiger partial charge in [-0.1, -0.05) is 48.5 Å². The first-order chi connectivity index (χ1) is 21.1. The largest absolute Gasteiger partial charge is 0.497 e. The number of aryl methyl sites for hydroxylation is 2. The van der Waals surface area contributed by atoms with Crippen molar-refractivity contribution in [3.8, 4) is 11.5 Å². The quantitative estimate of drug-likeness (QED) is 0.219. The molecule has 2 atom stereocenters. The number of nitrogens with one attached hydrogen (secondary N) is 1. The molecule has 2 aromatic heterocycles. The maximum Gasteiger partial charge on any atom is 0.234 e. The van der Waals surface area contributed by atoms with E-state index in [4.69, 9.17) is 25.4 Å². The van der Waals surface area contributed by atoms with Gasteiger partial charge in [0.25, 0.3) is 0 Å². The van der Waals surface area contributed by atoms with Crippen LogP contribution in [0.4, 0.5) is 0 Å². The molecule has 0 spiro atoms. The van der Waals surface area contributed by atoms with E-state index in [1.54, 1.807) is 14.2 Å². The van der Waals surface area contributed by atoms with Crippen molar-refractivity contribution in [1.82, 2.24) is 24.6 Å². The molecule has 0 aliphatic carbocycles. The van der Waals surface area contributed by atoms with E-state index in [1.807, 2.05) is 30.3 Å². The highest BCUT2D eigenvalue weighted by molar-refractivity contribution is 5.83. The highest BCUT2D eigenvalue weighted by atomic mass is 16.5. The molecule has 9 nitrogen and oxygen atoms in total. The summed E-state index contributed by atoms with van der Waals surface area (Å²) in [6.07, 6.45) is 5.91. The predicted octanol–water partition coefficient (Wildman–Crippen LogP) is 4.84. The van der Waals surface area contributed by atoms with E-state index in [0.717, 1.165) is 71.0 Å². The van der Waals surface area contributed by atoms with Crippen LogP contribution in [0.2, 0.25) is 0 Å². The van der Waals surface area contributed by atoms with Crippen molar-refractivity contribution in [3.63, 3.8) is 0 Å². The van der Waals surface area contributed by atoms with Gasteiger partial charge in [-0.05, 0) is 61.6 Å². The number of methoxy groups -OCH3 is 2. The van der Waals surface area contributed by atoms with Crippen molar-refractivity contribution in [2.45, 2.75) is 50.7 Å². The zero-order valence-electron chi connectivity index (χ0n) is 24.7. The van der Waals surface area contributed by atoms with Crippen molar-refractivity contribution < 1.29 is 14.3 Å². The molecular formula is C34H38N6O3. The van der Waals surface area contributed by atoms with Crippen LogP contribution in [0.25, 0.3) is 10.9 Å². The van der Waals surface area contributed by atoms with E-state index >= 15 is 0 Å². The molecule has 1 aliphatic heterocycles. The van der Waals surface area contributed by atoms with Crippen LogP contribution in [0.15, 0.2) is 79.0 Å². The maximum absolute atomic E-state index is 12.7. The second kappa shape index (κ2) is 12.7. The van der Waals surface area contributed by atoms with Gasteiger partial charge < -0.3 is 24.8 Å². The number of aromatic amines is 1. The number of hydrogen-bond donors (Lipinski definition) is 2. The summed E-state index contributed by atoms with van der Waals surface area (Å²) in [6.45, 7) is 1.28. The van der Waals surface area contributed by atoms with Crippen LogP contribution >= 0.6 is 0 Å². The average Bonchev–Trinajstić information content (AvgIpc) is 3.79. The number of likely N-dealkylation sites (tertiary alicyclic amines) is 1. The van der Waals surface area contributed by atoms with Crippen LogP contribution in [0, 0.1) is 0 Å². The van der Waals surface area contributed by atoms with Gasteiger partial charge in [-0.25, -0.2) is 0 Å². The molecular weight excluding hydrogens is 540 g/mol. The molecule has 6 rings (SSSR count). The number of nitrogens with zero attached hydrogens (tertiary/aromatic N) is 4. The van der Waals surface area contributed by atoms with Gasteiger partial charge in [-0.3, -0.25) is 9.69 Å². The minimum Gasteiger partial charge on any atom is -0.497 e. The molecule has 1 aliphatic rings. The number of H-pyrrole nitrogens is 1. The lowest BCUT2D eigenvalue weighted by molar-refractivity contribution is -0.123. The Morgan fingerprint density at radius 1 is 1.00 bits per heavy atom. The second-order valence-electron chi connectivity index (χ2n) is 11.1. The highest BCUT2D eigenvalue weighted by Crippen LogP contribution is 2.35.